The van der Waals surface area contributed by atoms with Gasteiger partial charge in [-0.15, -0.1) is 0 Å². The molecule has 0 aliphatic heterocycles. The maximum absolute atomic E-state index is 13.2. The lowest BCUT2D eigenvalue weighted by atomic mass is 10.2. The van der Waals surface area contributed by atoms with E-state index in [2.05, 4.69) is 5.48 Å². The van der Waals surface area contributed by atoms with Crippen molar-refractivity contribution in [2.45, 2.75) is 38.3 Å². The van der Waals surface area contributed by atoms with Gasteiger partial charge >= 0.3 is 0 Å². The lowest BCUT2D eigenvalue weighted by Crippen LogP contribution is -2.21. The first-order valence-corrected chi connectivity index (χ1v) is 5.58. The van der Waals surface area contributed by atoms with E-state index in [0.29, 0.717) is 0 Å². The minimum absolute atomic E-state index is 0.195. The Bertz CT molecular complexity index is 351. The van der Waals surface area contributed by atoms with Crippen LogP contribution in [-0.2, 0) is 11.4 Å². The molecule has 0 amide bonds. The Hall–Kier alpha value is -1.00. The van der Waals surface area contributed by atoms with Crippen LogP contribution in [0.5, 0.6) is 0 Å². The maximum atomic E-state index is 13.2. The molecule has 0 saturated heterocycles. The van der Waals surface area contributed by atoms with Gasteiger partial charge in [-0.1, -0.05) is 12.8 Å². The average molecular weight is 227 g/mol. The molecule has 16 heavy (non-hydrogen) atoms. The molecule has 1 aliphatic carbocycles. The lowest BCUT2D eigenvalue weighted by molar-refractivity contribution is -0.0248. The molecule has 1 aromatic rings. The summed E-state index contributed by atoms with van der Waals surface area (Å²) < 4.78 is 26.0. The summed E-state index contributed by atoms with van der Waals surface area (Å²) in [6, 6.07) is 3.42. The van der Waals surface area contributed by atoms with Gasteiger partial charge in [0.05, 0.1) is 6.10 Å². The molecular formula is C12H15F2NO. The molecule has 4 heteroatoms. The molecule has 1 aliphatic rings. The van der Waals surface area contributed by atoms with Gasteiger partial charge in [0, 0.05) is 12.1 Å². The van der Waals surface area contributed by atoms with Crippen LogP contribution in [0.15, 0.2) is 18.2 Å². The van der Waals surface area contributed by atoms with Crippen molar-refractivity contribution in [2.75, 3.05) is 0 Å². The molecule has 2 rings (SSSR count). The summed E-state index contributed by atoms with van der Waals surface area (Å²) in [5, 5.41) is 0. The monoisotopic (exact) mass is 227 g/mol. The molecule has 0 aromatic heterocycles. The van der Waals surface area contributed by atoms with Crippen molar-refractivity contribution in [3.63, 3.8) is 0 Å². The Balaban J connectivity index is 1.82. The summed E-state index contributed by atoms with van der Waals surface area (Å²) >= 11 is 0. The fourth-order valence-electron chi connectivity index (χ4n) is 1.92. The van der Waals surface area contributed by atoms with Crippen molar-refractivity contribution in [3.05, 3.63) is 35.4 Å². The van der Waals surface area contributed by atoms with Crippen LogP contribution in [0.3, 0.4) is 0 Å². The number of nitrogens with one attached hydrogen (secondary N) is 1. The summed E-state index contributed by atoms with van der Waals surface area (Å²) in [5.41, 5.74) is 2.99. The largest absolute Gasteiger partial charge is 0.298 e. The molecule has 1 fully saturated rings. The third-order valence-corrected chi connectivity index (χ3v) is 2.82. The van der Waals surface area contributed by atoms with E-state index in [1.807, 2.05) is 0 Å². The van der Waals surface area contributed by atoms with Crippen molar-refractivity contribution in [1.29, 1.82) is 0 Å². The highest BCUT2D eigenvalue weighted by molar-refractivity contribution is 5.18. The third kappa shape index (κ3) is 3.00. The van der Waals surface area contributed by atoms with Crippen molar-refractivity contribution in [3.8, 4) is 0 Å². The SMILES string of the molecule is Fc1ccc(F)c(CNOC2CCCC2)c1. The fourth-order valence-corrected chi connectivity index (χ4v) is 1.92. The number of halogens is 2. The highest BCUT2D eigenvalue weighted by Crippen LogP contribution is 2.20. The molecule has 0 radical (unpaired) electrons. The van der Waals surface area contributed by atoms with Gasteiger partial charge in [0.1, 0.15) is 11.6 Å². The van der Waals surface area contributed by atoms with Crippen molar-refractivity contribution in [2.24, 2.45) is 0 Å². The summed E-state index contributed by atoms with van der Waals surface area (Å²) in [5.74, 6) is -0.844. The van der Waals surface area contributed by atoms with Crippen LogP contribution in [0.2, 0.25) is 0 Å². The van der Waals surface area contributed by atoms with E-state index in [4.69, 9.17) is 4.84 Å². The third-order valence-electron chi connectivity index (χ3n) is 2.82. The second-order valence-corrected chi connectivity index (χ2v) is 4.08. The van der Waals surface area contributed by atoms with Crippen LogP contribution < -0.4 is 5.48 Å². The molecule has 88 valence electrons. The maximum Gasteiger partial charge on any atom is 0.127 e. The predicted octanol–water partition coefficient (Wildman–Crippen LogP) is 2.93. The molecule has 1 saturated carbocycles. The van der Waals surface area contributed by atoms with Crippen LogP contribution >= 0.6 is 0 Å². The number of benzene rings is 1. The Kier molecular flexibility index (Phi) is 3.85. The van der Waals surface area contributed by atoms with E-state index in [0.717, 1.165) is 25.0 Å². The zero-order chi connectivity index (χ0) is 11.4. The van der Waals surface area contributed by atoms with Gasteiger partial charge in [-0.3, -0.25) is 4.84 Å². The van der Waals surface area contributed by atoms with Crippen LogP contribution in [0, 0.1) is 11.6 Å². The number of hydrogen-bond donors (Lipinski definition) is 1. The summed E-state index contributed by atoms with van der Waals surface area (Å²) in [6.45, 7) is 0.195. The minimum atomic E-state index is -0.431. The quantitative estimate of drug-likeness (QED) is 0.798. The number of hydroxylamine groups is 1. The molecule has 0 spiro atoms. The van der Waals surface area contributed by atoms with Crippen LogP contribution in [0.25, 0.3) is 0 Å². The highest BCUT2D eigenvalue weighted by Gasteiger charge is 2.15. The molecule has 0 atom stereocenters. The van der Waals surface area contributed by atoms with Crippen molar-refractivity contribution >= 4 is 0 Å². The molecule has 0 unspecified atom stereocenters. The van der Waals surface area contributed by atoms with Crippen molar-refractivity contribution < 1.29 is 13.6 Å². The molecule has 1 N–H and O–H groups in total. The number of hydrogen-bond acceptors (Lipinski definition) is 2. The van der Waals surface area contributed by atoms with Gasteiger partial charge in [0.25, 0.3) is 0 Å². The molecule has 0 bridgehead atoms. The van der Waals surface area contributed by atoms with Gasteiger partial charge < -0.3 is 0 Å². The number of rotatable bonds is 4. The smallest absolute Gasteiger partial charge is 0.127 e. The molecular weight excluding hydrogens is 212 g/mol. The van der Waals surface area contributed by atoms with Gasteiger partial charge in [-0.2, -0.15) is 5.48 Å². The first-order chi connectivity index (χ1) is 7.75. The van der Waals surface area contributed by atoms with E-state index >= 15 is 0 Å². The first kappa shape index (κ1) is 11.5. The van der Waals surface area contributed by atoms with E-state index in [1.165, 1.54) is 18.9 Å². The fraction of sp³-hybridized carbons (Fsp3) is 0.500. The van der Waals surface area contributed by atoms with Crippen molar-refractivity contribution in [1.82, 2.24) is 5.48 Å². The summed E-state index contributed by atoms with van der Waals surface area (Å²) in [6.07, 6.45) is 4.66. The van der Waals surface area contributed by atoms with E-state index in [9.17, 15) is 8.78 Å². The minimum Gasteiger partial charge on any atom is -0.298 e. The molecule has 0 heterocycles. The van der Waals surface area contributed by atoms with Gasteiger partial charge in [-0.25, -0.2) is 8.78 Å². The van der Waals surface area contributed by atoms with Gasteiger partial charge in [0.2, 0.25) is 0 Å². The van der Waals surface area contributed by atoms with Crippen LogP contribution in [0.4, 0.5) is 8.78 Å². The Labute approximate surface area is 93.6 Å². The van der Waals surface area contributed by atoms with Crippen LogP contribution in [0.1, 0.15) is 31.2 Å². The van der Waals surface area contributed by atoms with E-state index in [-0.39, 0.29) is 18.2 Å². The van der Waals surface area contributed by atoms with Gasteiger partial charge in [-0.05, 0) is 31.0 Å². The first-order valence-electron chi connectivity index (χ1n) is 5.58. The molecule has 1 aromatic carbocycles. The lowest BCUT2D eigenvalue weighted by Gasteiger charge is -2.11. The van der Waals surface area contributed by atoms with Gasteiger partial charge in [0.15, 0.2) is 0 Å². The predicted molar refractivity (Wildman–Crippen MR) is 56.5 cm³/mol. The van der Waals surface area contributed by atoms with E-state index in [1.54, 1.807) is 0 Å². The zero-order valence-electron chi connectivity index (χ0n) is 9.01. The Morgan fingerprint density at radius 3 is 2.75 bits per heavy atom. The van der Waals surface area contributed by atoms with Crippen LogP contribution in [-0.4, -0.2) is 6.10 Å². The second-order valence-electron chi connectivity index (χ2n) is 4.08. The Morgan fingerprint density at radius 2 is 2.00 bits per heavy atom. The standard InChI is InChI=1S/C12H15F2NO/c13-10-5-6-12(14)9(7-10)8-15-16-11-3-1-2-4-11/h5-7,11,15H,1-4,8H2. The van der Waals surface area contributed by atoms with E-state index < -0.39 is 11.6 Å². The zero-order valence-corrected chi connectivity index (χ0v) is 9.01. The highest BCUT2D eigenvalue weighted by atomic mass is 19.1. The molecule has 2 nitrogen and oxygen atoms in total. The topological polar surface area (TPSA) is 21.3 Å². The normalized spacial score (nSPS) is 16.9. The Morgan fingerprint density at radius 1 is 1.25 bits per heavy atom. The summed E-state index contributed by atoms with van der Waals surface area (Å²) in [4.78, 5) is 5.36. The second kappa shape index (κ2) is 5.37. The average Bonchev–Trinajstić information content (AvgIpc) is 2.76. The summed E-state index contributed by atoms with van der Waals surface area (Å²) in [7, 11) is 0.